The van der Waals surface area contributed by atoms with Crippen molar-refractivity contribution in [2.24, 2.45) is 0 Å². The number of amides is 1. The smallest absolute Gasteiger partial charge is 0.251 e. The number of nitrogens with one attached hydrogen (secondary N) is 1. The summed E-state index contributed by atoms with van der Waals surface area (Å²) in [7, 11) is 1.51. The van der Waals surface area contributed by atoms with Crippen molar-refractivity contribution in [3.05, 3.63) is 49.8 Å². The van der Waals surface area contributed by atoms with E-state index in [-0.39, 0.29) is 24.1 Å². The molecule has 1 atom stereocenters. The van der Waals surface area contributed by atoms with Crippen LogP contribution in [-0.4, -0.2) is 35.2 Å². The zero-order valence-electron chi connectivity index (χ0n) is 13.9. The van der Waals surface area contributed by atoms with Crippen molar-refractivity contribution < 1.29 is 9.53 Å². The number of aromatic nitrogens is 2. The summed E-state index contributed by atoms with van der Waals surface area (Å²) in [6.07, 6.45) is 2.33. The highest BCUT2D eigenvalue weighted by Gasteiger charge is 2.23. The van der Waals surface area contributed by atoms with Crippen LogP contribution in [0.5, 0.6) is 0 Å². The van der Waals surface area contributed by atoms with Crippen LogP contribution in [0.15, 0.2) is 22.3 Å². The number of nitrogens with zero attached hydrogens (tertiary/aromatic N) is 2. The lowest BCUT2D eigenvalue weighted by molar-refractivity contribution is -0.125. The van der Waals surface area contributed by atoms with Crippen LogP contribution in [0.25, 0.3) is 0 Å². The second-order valence-corrected chi connectivity index (χ2v) is 7.09. The van der Waals surface area contributed by atoms with Crippen molar-refractivity contribution in [2.45, 2.75) is 38.8 Å². The van der Waals surface area contributed by atoms with Gasteiger partial charge in [-0.15, -0.1) is 11.3 Å². The van der Waals surface area contributed by atoms with Crippen LogP contribution in [0.1, 0.15) is 28.4 Å². The van der Waals surface area contributed by atoms with E-state index in [9.17, 15) is 9.59 Å². The molecule has 7 heteroatoms. The molecular formula is C17H21N3O3S. The number of hydrogen-bond acceptors (Lipinski definition) is 5. The van der Waals surface area contributed by atoms with E-state index in [0.717, 1.165) is 41.2 Å². The van der Waals surface area contributed by atoms with Gasteiger partial charge in [-0.1, -0.05) is 6.07 Å². The highest BCUT2D eigenvalue weighted by molar-refractivity contribution is 7.09. The first kappa shape index (κ1) is 16.9. The van der Waals surface area contributed by atoms with Gasteiger partial charge < -0.3 is 14.6 Å². The van der Waals surface area contributed by atoms with E-state index in [4.69, 9.17) is 4.74 Å². The molecule has 1 aliphatic carbocycles. The van der Waals surface area contributed by atoms with Gasteiger partial charge in [0.1, 0.15) is 6.61 Å². The number of carbonyl (C=O) groups is 1. The Kier molecular flexibility index (Phi) is 5.11. The standard InChI is InChI=1S/C17H21N3O3S/c1-11-18-14(10-24-11)8-20-15-5-4-13(19-16(21)9-23-2)7-12(15)3-6-17(20)22/h3,6,10,13H,4-5,7-9H2,1-2H3,(H,19,21). The third kappa shape index (κ3) is 3.73. The SMILES string of the molecule is COCC(=O)NC1CCc2c(ccc(=O)n2Cc2csc(C)n2)C1. The van der Waals surface area contributed by atoms with Crippen molar-refractivity contribution in [3.63, 3.8) is 0 Å². The van der Waals surface area contributed by atoms with Crippen LogP contribution in [0, 0.1) is 6.92 Å². The third-order valence-corrected chi connectivity index (χ3v) is 5.04. The zero-order valence-corrected chi connectivity index (χ0v) is 14.7. The quantitative estimate of drug-likeness (QED) is 0.884. The van der Waals surface area contributed by atoms with Gasteiger partial charge in [0.2, 0.25) is 5.91 Å². The van der Waals surface area contributed by atoms with Gasteiger partial charge in [-0.05, 0) is 31.7 Å². The summed E-state index contributed by atoms with van der Waals surface area (Å²) < 4.78 is 6.67. The number of pyridine rings is 1. The number of hydrogen-bond donors (Lipinski definition) is 1. The van der Waals surface area contributed by atoms with E-state index in [2.05, 4.69) is 10.3 Å². The first-order valence-corrected chi connectivity index (χ1v) is 8.85. The van der Waals surface area contributed by atoms with Crippen LogP contribution >= 0.6 is 11.3 Å². The molecule has 2 heterocycles. The predicted molar refractivity (Wildman–Crippen MR) is 92.5 cm³/mol. The van der Waals surface area contributed by atoms with E-state index in [1.54, 1.807) is 17.4 Å². The largest absolute Gasteiger partial charge is 0.375 e. The number of fused-ring (bicyclic) bond motifs is 1. The van der Waals surface area contributed by atoms with Crippen LogP contribution in [0.3, 0.4) is 0 Å². The number of methoxy groups -OCH3 is 1. The van der Waals surface area contributed by atoms with E-state index < -0.39 is 0 Å². The average Bonchev–Trinajstić information content (AvgIpc) is 2.95. The molecule has 0 bridgehead atoms. The maximum atomic E-state index is 12.3. The van der Waals surface area contributed by atoms with Gasteiger partial charge in [0.25, 0.3) is 5.56 Å². The molecule has 0 aliphatic heterocycles. The third-order valence-electron chi connectivity index (χ3n) is 4.21. The fraction of sp³-hybridized carbons (Fsp3) is 0.471. The van der Waals surface area contributed by atoms with Gasteiger partial charge in [0, 0.05) is 30.3 Å². The summed E-state index contributed by atoms with van der Waals surface area (Å²) in [5, 5.41) is 5.99. The second kappa shape index (κ2) is 7.27. The van der Waals surface area contributed by atoms with Gasteiger partial charge in [-0.2, -0.15) is 0 Å². The Morgan fingerprint density at radius 2 is 2.33 bits per heavy atom. The number of rotatable bonds is 5. The van der Waals surface area contributed by atoms with Gasteiger partial charge in [0.15, 0.2) is 0 Å². The van der Waals surface area contributed by atoms with E-state index in [1.807, 2.05) is 22.9 Å². The fourth-order valence-corrected chi connectivity index (χ4v) is 3.77. The highest BCUT2D eigenvalue weighted by Crippen LogP contribution is 2.21. The van der Waals surface area contributed by atoms with Crippen molar-refractivity contribution >= 4 is 17.2 Å². The van der Waals surface area contributed by atoms with E-state index in [0.29, 0.717) is 6.54 Å². The molecule has 0 fully saturated rings. The lowest BCUT2D eigenvalue weighted by Gasteiger charge is -2.27. The van der Waals surface area contributed by atoms with Crippen LogP contribution in [0.2, 0.25) is 0 Å². The molecule has 128 valence electrons. The van der Waals surface area contributed by atoms with Crippen LogP contribution in [0.4, 0.5) is 0 Å². The predicted octanol–water partition coefficient (Wildman–Crippen LogP) is 1.28. The van der Waals surface area contributed by atoms with E-state index >= 15 is 0 Å². The molecule has 0 radical (unpaired) electrons. The molecule has 0 spiro atoms. The summed E-state index contributed by atoms with van der Waals surface area (Å²) in [6, 6.07) is 3.58. The maximum absolute atomic E-state index is 12.3. The Morgan fingerprint density at radius 1 is 1.50 bits per heavy atom. The molecule has 1 aliphatic rings. The van der Waals surface area contributed by atoms with E-state index in [1.165, 1.54) is 7.11 Å². The highest BCUT2D eigenvalue weighted by atomic mass is 32.1. The number of thiazole rings is 1. The molecule has 0 saturated heterocycles. The zero-order chi connectivity index (χ0) is 17.1. The lowest BCUT2D eigenvalue weighted by atomic mass is 9.91. The molecule has 0 saturated carbocycles. The topological polar surface area (TPSA) is 73.2 Å². The normalized spacial score (nSPS) is 16.7. The summed E-state index contributed by atoms with van der Waals surface area (Å²) in [5.74, 6) is -0.0998. The first-order chi connectivity index (χ1) is 11.6. The molecular weight excluding hydrogens is 326 g/mol. The molecule has 1 amide bonds. The van der Waals surface area contributed by atoms with Crippen molar-refractivity contribution in [1.29, 1.82) is 0 Å². The summed E-state index contributed by atoms with van der Waals surface area (Å²) >= 11 is 1.59. The van der Waals surface area contributed by atoms with Crippen molar-refractivity contribution in [3.8, 4) is 0 Å². The fourth-order valence-electron chi connectivity index (χ4n) is 3.16. The van der Waals surface area contributed by atoms with Gasteiger partial charge in [-0.3, -0.25) is 9.59 Å². The molecule has 1 unspecified atom stereocenters. The molecule has 3 rings (SSSR count). The maximum Gasteiger partial charge on any atom is 0.251 e. The Labute approximate surface area is 144 Å². The van der Waals surface area contributed by atoms with Gasteiger partial charge in [0.05, 0.1) is 17.2 Å². The molecule has 24 heavy (non-hydrogen) atoms. The Bertz CT molecular complexity index is 797. The average molecular weight is 347 g/mol. The van der Waals surface area contributed by atoms with Crippen molar-refractivity contribution in [1.82, 2.24) is 14.9 Å². The summed E-state index contributed by atoms with van der Waals surface area (Å²) in [5.41, 5.74) is 3.10. The molecule has 2 aromatic rings. The second-order valence-electron chi connectivity index (χ2n) is 6.03. The Hall–Kier alpha value is -1.99. The minimum absolute atomic E-state index is 0.00118. The number of aryl methyl sites for hydroxylation is 1. The molecule has 0 aromatic carbocycles. The first-order valence-electron chi connectivity index (χ1n) is 7.97. The number of ether oxygens (including phenoxy) is 1. The van der Waals surface area contributed by atoms with Crippen molar-refractivity contribution in [2.75, 3.05) is 13.7 Å². The minimum atomic E-state index is -0.0998. The summed E-state index contributed by atoms with van der Waals surface area (Å²) in [4.78, 5) is 28.4. The molecule has 1 N–H and O–H groups in total. The minimum Gasteiger partial charge on any atom is -0.375 e. The van der Waals surface area contributed by atoms with Gasteiger partial charge >= 0.3 is 0 Å². The van der Waals surface area contributed by atoms with Gasteiger partial charge in [-0.25, -0.2) is 4.98 Å². The molecule has 6 nitrogen and oxygen atoms in total. The Balaban J connectivity index is 1.79. The van der Waals surface area contributed by atoms with Crippen LogP contribution in [-0.2, 0) is 28.9 Å². The Morgan fingerprint density at radius 3 is 3.04 bits per heavy atom. The lowest BCUT2D eigenvalue weighted by Crippen LogP contribution is -2.42. The summed E-state index contributed by atoms with van der Waals surface area (Å²) in [6.45, 7) is 2.55. The monoisotopic (exact) mass is 347 g/mol. The van der Waals surface area contributed by atoms with Crippen LogP contribution < -0.4 is 10.9 Å². The molecule has 2 aromatic heterocycles. The number of carbonyl (C=O) groups excluding carboxylic acids is 1.